The Morgan fingerprint density at radius 1 is 1.00 bits per heavy atom. The quantitative estimate of drug-likeness (QED) is 0.796. The summed E-state index contributed by atoms with van der Waals surface area (Å²) in [5, 5.41) is 0. The fraction of sp³-hybridized carbons (Fsp3) is 0.211. The van der Waals surface area contributed by atoms with Gasteiger partial charge in [-0.1, -0.05) is 54.6 Å². The van der Waals surface area contributed by atoms with Crippen molar-refractivity contribution in [1.29, 1.82) is 0 Å². The summed E-state index contributed by atoms with van der Waals surface area (Å²) in [5.74, 6) is 0. The lowest BCUT2D eigenvalue weighted by atomic mass is 9.97. The Morgan fingerprint density at radius 2 is 1.86 bits per heavy atom. The smallest absolute Gasteiger partial charge is 0.150 e. The van der Waals surface area contributed by atoms with E-state index in [4.69, 9.17) is 0 Å². The molecule has 0 unspecified atom stereocenters. The van der Waals surface area contributed by atoms with E-state index in [1.165, 1.54) is 16.7 Å². The molecular formula is C19H19NO. The van der Waals surface area contributed by atoms with E-state index in [-0.39, 0.29) is 0 Å². The Balaban J connectivity index is 1.61. The standard InChI is InChI=1S/C19H19NO/c21-15-17-8-9-19-14-20(12-10-18(19)13-17)11-4-7-16-5-2-1-3-6-16/h1-9,13,15H,10-12,14H2/b7-4+. The van der Waals surface area contributed by atoms with Crippen molar-refractivity contribution < 1.29 is 4.79 Å². The molecule has 0 aliphatic carbocycles. The summed E-state index contributed by atoms with van der Waals surface area (Å²) in [6.07, 6.45) is 6.34. The van der Waals surface area contributed by atoms with Gasteiger partial charge in [-0.2, -0.15) is 0 Å². The highest BCUT2D eigenvalue weighted by atomic mass is 16.1. The SMILES string of the molecule is O=Cc1ccc2c(c1)CCN(C/C=C/c1ccccc1)C2. The summed E-state index contributed by atoms with van der Waals surface area (Å²) in [6, 6.07) is 16.4. The largest absolute Gasteiger partial charge is 0.298 e. The van der Waals surface area contributed by atoms with Gasteiger partial charge in [0.1, 0.15) is 6.29 Å². The van der Waals surface area contributed by atoms with Gasteiger partial charge in [0.25, 0.3) is 0 Å². The van der Waals surface area contributed by atoms with E-state index in [0.29, 0.717) is 0 Å². The molecule has 1 heterocycles. The van der Waals surface area contributed by atoms with E-state index in [1.54, 1.807) is 0 Å². The summed E-state index contributed by atoms with van der Waals surface area (Å²) in [5.41, 5.74) is 4.69. The van der Waals surface area contributed by atoms with E-state index >= 15 is 0 Å². The molecule has 0 atom stereocenters. The molecule has 2 aromatic carbocycles. The average molecular weight is 277 g/mol. The molecular weight excluding hydrogens is 258 g/mol. The molecule has 0 saturated heterocycles. The molecule has 2 nitrogen and oxygen atoms in total. The molecule has 0 aromatic heterocycles. The molecule has 0 N–H and O–H groups in total. The normalized spacial score (nSPS) is 15.0. The maximum Gasteiger partial charge on any atom is 0.150 e. The molecule has 106 valence electrons. The van der Waals surface area contributed by atoms with Crippen LogP contribution in [-0.4, -0.2) is 24.3 Å². The molecule has 0 fully saturated rings. The molecule has 1 aliphatic heterocycles. The Morgan fingerprint density at radius 3 is 2.67 bits per heavy atom. The zero-order valence-corrected chi connectivity index (χ0v) is 12.0. The monoisotopic (exact) mass is 277 g/mol. The third kappa shape index (κ3) is 3.47. The van der Waals surface area contributed by atoms with Crippen molar-refractivity contribution in [2.75, 3.05) is 13.1 Å². The molecule has 0 amide bonds. The summed E-state index contributed by atoms with van der Waals surface area (Å²) < 4.78 is 0. The van der Waals surface area contributed by atoms with Crippen LogP contribution in [0.2, 0.25) is 0 Å². The lowest BCUT2D eigenvalue weighted by Crippen LogP contribution is -2.30. The van der Waals surface area contributed by atoms with E-state index in [9.17, 15) is 4.79 Å². The summed E-state index contributed by atoms with van der Waals surface area (Å²) in [7, 11) is 0. The number of aldehydes is 1. The first-order valence-electron chi connectivity index (χ1n) is 7.36. The first-order valence-corrected chi connectivity index (χ1v) is 7.36. The van der Waals surface area contributed by atoms with Gasteiger partial charge >= 0.3 is 0 Å². The highest BCUT2D eigenvalue weighted by Crippen LogP contribution is 2.19. The summed E-state index contributed by atoms with van der Waals surface area (Å²) in [6.45, 7) is 2.98. The van der Waals surface area contributed by atoms with Crippen LogP contribution >= 0.6 is 0 Å². The van der Waals surface area contributed by atoms with Crippen molar-refractivity contribution in [3.63, 3.8) is 0 Å². The minimum atomic E-state index is 0.783. The van der Waals surface area contributed by atoms with Gasteiger partial charge in [0.15, 0.2) is 0 Å². The number of benzene rings is 2. The van der Waals surface area contributed by atoms with Crippen molar-refractivity contribution in [3.8, 4) is 0 Å². The van der Waals surface area contributed by atoms with Crippen LogP contribution in [0.15, 0.2) is 54.6 Å². The van der Waals surface area contributed by atoms with Crippen LogP contribution in [0.25, 0.3) is 6.08 Å². The maximum atomic E-state index is 10.8. The first kappa shape index (κ1) is 13.8. The molecule has 0 saturated carbocycles. The van der Waals surface area contributed by atoms with Gasteiger partial charge < -0.3 is 0 Å². The van der Waals surface area contributed by atoms with Crippen molar-refractivity contribution in [1.82, 2.24) is 4.90 Å². The molecule has 0 radical (unpaired) electrons. The molecule has 2 aromatic rings. The zero-order valence-electron chi connectivity index (χ0n) is 12.0. The fourth-order valence-corrected chi connectivity index (χ4v) is 2.76. The minimum absolute atomic E-state index is 0.783. The van der Waals surface area contributed by atoms with Crippen LogP contribution in [0.1, 0.15) is 27.0 Å². The van der Waals surface area contributed by atoms with Crippen molar-refractivity contribution in [2.24, 2.45) is 0 Å². The Labute approximate surface area is 125 Å². The molecule has 0 spiro atoms. The van der Waals surface area contributed by atoms with Gasteiger partial charge in [-0.15, -0.1) is 0 Å². The predicted molar refractivity (Wildman–Crippen MR) is 86.3 cm³/mol. The number of rotatable bonds is 4. The van der Waals surface area contributed by atoms with Crippen LogP contribution in [0.5, 0.6) is 0 Å². The molecule has 2 heteroatoms. The third-order valence-electron chi connectivity index (χ3n) is 3.93. The molecule has 1 aliphatic rings. The van der Waals surface area contributed by atoms with Gasteiger partial charge in [0.05, 0.1) is 0 Å². The Bertz CT molecular complexity index is 646. The van der Waals surface area contributed by atoms with Gasteiger partial charge in [0.2, 0.25) is 0 Å². The van der Waals surface area contributed by atoms with Gasteiger partial charge in [0, 0.05) is 25.2 Å². The van der Waals surface area contributed by atoms with E-state index in [2.05, 4.69) is 47.4 Å². The minimum Gasteiger partial charge on any atom is -0.298 e. The number of hydrogen-bond donors (Lipinski definition) is 0. The molecule has 3 rings (SSSR count). The number of nitrogens with zero attached hydrogens (tertiary/aromatic N) is 1. The Kier molecular flexibility index (Phi) is 4.27. The van der Waals surface area contributed by atoms with Crippen LogP contribution in [0, 0.1) is 0 Å². The van der Waals surface area contributed by atoms with Crippen LogP contribution in [-0.2, 0) is 13.0 Å². The highest BCUT2D eigenvalue weighted by molar-refractivity contribution is 5.75. The maximum absolute atomic E-state index is 10.8. The van der Waals surface area contributed by atoms with Crippen LogP contribution in [0.3, 0.4) is 0 Å². The molecule has 21 heavy (non-hydrogen) atoms. The third-order valence-corrected chi connectivity index (χ3v) is 3.93. The number of carbonyl (C=O) groups excluding carboxylic acids is 1. The number of carbonyl (C=O) groups is 1. The zero-order chi connectivity index (χ0) is 14.5. The number of fused-ring (bicyclic) bond motifs is 1. The van der Waals surface area contributed by atoms with Crippen molar-refractivity contribution >= 4 is 12.4 Å². The lowest BCUT2D eigenvalue weighted by Gasteiger charge is -2.27. The second-order valence-corrected chi connectivity index (χ2v) is 5.44. The highest BCUT2D eigenvalue weighted by Gasteiger charge is 2.15. The van der Waals surface area contributed by atoms with Crippen molar-refractivity contribution in [2.45, 2.75) is 13.0 Å². The summed E-state index contributed by atoms with van der Waals surface area (Å²) >= 11 is 0. The second kappa shape index (κ2) is 6.51. The lowest BCUT2D eigenvalue weighted by molar-refractivity contribution is 0.112. The summed E-state index contributed by atoms with van der Waals surface area (Å²) in [4.78, 5) is 13.2. The van der Waals surface area contributed by atoms with Gasteiger partial charge in [-0.05, 0) is 29.2 Å². The van der Waals surface area contributed by atoms with Gasteiger partial charge in [-0.25, -0.2) is 0 Å². The van der Waals surface area contributed by atoms with E-state index in [1.807, 2.05) is 18.2 Å². The molecule has 0 bridgehead atoms. The Hall–Kier alpha value is -2.19. The number of hydrogen-bond acceptors (Lipinski definition) is 2. The fourth-order valence-electron chi connectivity index (χ4n) is 2.76. The van der Waals surface area contributed by atoms with Crippen LogP contribution in [0.4, 0.5) is 0 Å². The van der Waals surface area contributed by atoms with Gasteiger partial charge in [-0.3, -0.25) is 9.69 Å². The topological polar surface area (TPSA) is 20.3 Å². The van der Waals surface area contributed by atoms with Crippen molar-refractivity contribution in [3.05, 3.63) is 76.9 Å². The average Bonchev–Trinajstić information content (AvgIpc) is 2.55. The van der Waals surface area contributed by atoms with E-state index < -0.39 is 0 Å². The predicted octanol–water partition coefficient (Wildman–Crippen LogP) is 3.57. The van der Waals surface area contributed by atoms with E-state index in [0.717, 1.165) is 37.9 Å². The van der Waals surface area contributed by atoms with Crippen LogP contribution < -0.4 is 0 Å². The second-order valence-electron chi connectivity index (χ2n) is 5.44. The first-order chi connectivity index (χ1) is 10.3.